The lowest BCUT2D eigenvalue weighted by Gasteiger charge is -2.27. The van der Waals surface area contributed by atoms with Crippen molar-refractivity contribution in [2.45, 2.75) is 31.7 Å². The molecule has 0 bridgehead atoms. The lowest BCUT2D eigenvalue weighted by atomic mass is 9.84. The Labute approximate surface area is 105 Å². The fourth-order valence-corrected chi connectivity index (χ4v) is 2.06. The van der Waals surface area contributed by atoms with E-state index in [1.165, 1.54) is 12.1 Å². The molecule has 0 spiro atoms. The Morgan fingerprint density at radius 1 is 1.50 bits per heavy atom. The van der Waals surface area contributed by atoms with E-state index >= 15 is 0 Å². The standard InChI is InChI=1S/C14H16FNO2/c15-12-6-2-5-11(9-12)13(7-8-17)16-14(18)10-3-1-4-10/h2,5-6,8-10,13H,1,3-4,7H2,(H,16,18)/t13-/m0/s1. The van der Waals surface area contributed by atoms with Crippen molar-refractivity contribution in [3.63, 3.8) is 0 Å². The highest BCUT2D eigenvalue weighted by molar-refractivity contribution is 5.80. The van der Waals surface area contributed by atoms with Crippen LogP contribution in [0.3, 0.4) is 0 Å². The van der Waals surface area contributed by atoms with Crippen LogP contribution >= 0.6 is 0 Å². The summed E-state index contributed by atoms with van der Waals surface area (Å²) in [6.07, 6.45) is 3.81. The van der Waals surface area contributed by atoms with Crippen molar-refractivity contribution >= 4 is 12.2 Å². The minimum absolute atomic E-state index is 0.0302. The molecule has 2 rings (SSSR count). The third kappa shape index (κ3) is 2.94. The van der Waals surface area contributed by atoms with Crippen LogP contribution < -0.4 is 5.32 Å². The second-order valence-electron chi connectivity index (χ2n) is 4.65. The van der Waals surface area contributed by atoms with Crippen LogP contribution in [0.5, 0.6) is 0 Å². The summed E-state index contributed by atoms with van der Waals surface area (Å²) in [7, 11) is 0. The first kappa shape index (κ1) is 12.7. The molecule has 1 fully saturated rings. The summed E-state index contributed by atoms with van der Waals surface area (Å²) in [5, 5.41) is 2.83. The number of hydrogen-bond donors (Lipinski definition) is 1. The van der Waals surface area contributed by atoms with E-state index in [2.05, 4.69) is 5.32 Å². The van der Waals surface area contributed by atoms with Gasteiger partial charge in [0.05, 0.1) is 6.04 Å². The third-order valence-electron chi connectivity index (χ3n) is 3.38. The fourth-order valence-electron chi connectivity index (χ4n) is 2.06. The van der Waals surface area contributed by atoms with E-state index in [4.69, 9.17) is 0 Å². The Kier molecular flexibility index (Phi) is 4.07. The number of amides is 1. The van der Waals surface area contributed by atoms with Gasteiger partial charge in [0.2, 0.25) is 5.91 Å². The number of nitrogens with one attached hydrogen (secondary N) is 1. The Hall–Kier alpha value is -1.71. The van der Waals surface area contributed by atoms with E-state index in [1.807, 2.05) is 0 Å². The molecule has 0 heterocycles. The zero-order valence-corrected chi connectivity index (χ0v) is 10.1. The van der Waals surface area contributed by atoms with Crippen LogP contribution in [0.25, 0.3) is 0 Å². The zero-order chi connectivity index (χ0) is 13.0. The van der Waals surface area contributed by atoms with Crippen molar-refractivity contribution in [1.82, 2.24) is 5.32 Å². The second kappa shape index (κ2) is 5.76. The highest BCUT2D eigenvalue weighted by Crippen LogP contribution is 2.27. The molecule has 1 N–H and O–H groups in total. The van der Waals surface area contributed by atoms with Crippen molar-refractivity contribution in [3.05, 3.63) is 35.6 Å². The monoisotopic (exact) mass is 249 g/mol. The van der Waals surface area contributed by atoms with Crippen molar-refractivity contribution in [2.75, 3.05) is 0 Å². The normalized spacial score (nSPS) is 16.7. The van der Waals surface area contributed by atoms with Crippen molar-refractivity contribution in [3.8, 4) is 0 Å². The number of carbonyl (C=O) groups is 2. The van der Waals surface area contributed by atoms with Gasteiger partial charge in [-0.25, -0.2) is 4.39 Å². The topological polar surface area (TPSA) is 46.2 Å². The highest BCUT2D eigenvalue weighted by atomic mass is 19.1. The zero-order valence-electron chi connectivity index (χ0n) is 10.1. The first-order chi connectivity index (χ1) is 8.70. The van der Waals surface area contributed by atoms with Gasteiger partial charge in [0.1, 0.15) is 12.1 Å². The number of aldehydes is 1. The molecule has 1 aliphatic carbocycles. The molecule has 0 saturated heterocycles. The van der Waals surface area contributed by atoms with Crippen LogP contribution in [-0.2, 0) is 9.59 Å². The van der Waals surface area contributed by atoms with Gasteiger partial charge >= 0.3 is 0 Å². The molecule has 1 atom stereocenters. The smallest absolute Gasteiger partial charge is 0.223 e. The maximum absolute atomic E-state index is 13.1. The largest absolute Gasteiger partial charge is 0.349 e. The predicted molar refractivity (Wildman–Crippen MR) is 65.3 cm³/mol. The van der Waals surface area contributed by atoms with Crippen molar-refractivity contribution in [1.29, 1.82) is 0 Å². The van der Waals surface area contributed by atoms with Crippen molar-refractivity contribution < 1.29 is 14.0 Å². The molecule has 0 radical (unpaired) electrons. The number of halogens is 1. The molecule has 0 aromatic heterocycles. The van der Waals surface area contributed by atoms with E-state index in [-0.39, 0.29) is 24.1 Å². The van der Waals surface area contributed by atoms with Crippen LogP contribution in [0.2, 0.25) is 0 Å². The van der Waals surface area contributed by atoms with Crippen LogP contribution in [0, 0.1) is 11.7 Å². The predicted octanol–water partition coefficient (Wildman–Crippen LogP) is 2.37. The summed E-state index contributed by atoms with van der Waals surface area (Å²) in [5.74, 6) is -0.327. The Bertz CT molecular complexity index is 443. The Balaban J connectivity index is 2.07. The third-order valence-corrected chi connectivity index (χ3v) is 3.38. The van der Waals surface area contributed by atoms with E-state index < -0.39 is 6.04 Å². The summed E-state index contributed by atoms with van der Waals surface area (Å²) < 4.78 is 13.1. The first-order valence-electron chi connectivity index (χ1n) is 6.20. The molecule has 0 aliphatic heterocycles. The Morgan fingerprint density at radius 2 is 2.28 bits per heavy atom. The minimum atomic E-state index is -0.425. The average molecular weight is 249 g/mol. The second-order valence-corrected chi connectivity index (χ2v) is 4.65. The molecule has 1 saturated carbocycles. The summed E-state index contributed by atoms with van der Waals surface area (Å²) in [6, 6.07) is 5.58. The van der Waals surface area contributed by atoms with Gasteiger partial charge in [-0.05, 0) is 30.5 Å². The summed E-state index contributed by atoms with van der Waals surface area (Å²) >= 11 is 0. The molecule has 3 nitrogen and oxygen atoms in total. The van der Waals surface area contributed by atoms with Gasteiger partial charge in [0, 0.05) is 12.3 Å². The van der Waals surface area contributed by atoms with E-state index in [0.717, 1.165) is 25.5 Å². The molecular weight excluding hydrogens is 233 g/mol. The molecule has 1 amide bonds. The van der Waals surface area contributed by atoms with Crippen LogP contribution in [0.1, 0.15) is 37.3 Å². The number of hydrogen-bond acceptors (Lipinski definition) is 2. The fraction of sp³-hybridized carbons (Fsp3) is 0.429. The molecule has 1 aromatic carbocycles. The van der Waals surface area contributed by atoms with Gasteiger partial charge in [-0.15, -0.1) is 0 Å². The molecule has 96 valence electrons. The van der Waals surface area contributed by atoms with Gasteiger partial charge in [-0.3, -0.25) is 4.79 Å². The lowest BCUT2D eigenvalue weighted by Crippen LogP contribution is -2.37. The number of carbonyl (C=O) groups excluding carboxylic acids is 2. The van der Waals surface area contributed by atoms with Gasteiger partial charge in [0.25, 0.3) is 0 Å². The minimum Gasteiger partial charge on any atom is -0.349 e. The summed E-state index contributed by atoms with van der Waals surface area (Å²) in [5.41, 5.74) is 0.634. The van der Waals surface area contributed by atoms with Crippen LogP contribution in [-0.4, -0.2) is 12.2 Å². The molecular formula is C14H16FNO2. The Morgan fingerprint density at radius 3 is 2.83 bits per heavy atom. The molecule has 0 unspecified atom stereocenters. The summed E-state index contributed by atoms with van der Waals surface area (Å²) in [4.78, 5) is 22.5. The van der Waals surface area contributed by atoms with Gasteiger partial charge in [-0.1, -0.05) is 18.6 Å². The van der Waals surface area contributed by atoms with Gasteiger partial charge in [0.15, 0.2) is 0 Å². The number of rotatable bonds is 5. The number of benzene rings is 1. The first-order valence-corrected chi connectivity index (χ1v) is 6.20. The van der Waals surface area contributed by atoms with Crippen LogP contribution in [0.4, 0.5) is 4.39 Å². The average Bonchev–Trinajstić information content (AvgIpc) is 2.26. The van der Waals surface area contributed by atoms with Gasteiger partial charge in [-0.2, -0.15) is 0 Å². The SMILES string of the molecule is O=CC[C@H](NC(=O)C1CCC1)c1cccc(F)c1. The van der Waals surface area contributed by atoms with E-state index in [0.29, 0.717) is 5.56 Å². The molecule has 1 aliphatic rings. The van der Waals surface area contributed by atoms with Gasteiger partial charge < -0.3 is 10.1 Å². The van der Waals surface area contributed by atoms with Crippen LogP contribution in [0.15, 0.2) is 24.3 Å². The van der Waals surface area contributed by atoms with E-state index in [9.17, 15) is 14.0 Å². The maximum Gasteiger partial charge on any atom is 0.223 e. The maximum atomic E-state index is 13.1. The van der Waals surface area contributed by atoms with E-state index in [1.54, 1.807) is 12.1 Å². The summed E-state index contributed by atoms with van der Waals surface area (Å²) in [6.45, 7) is 0. The molecule has 4 heteroatoms. The molecule has 18 heavy (non-hydrogen) atoms. The molecule has 1 aromatic rings. The van der Waals surface area contributed by atoms with Crippen molar-refractivity contribution in [2.24, 2.45) is 5.92 Å². The highest BCUT2D eigenvalue weighted by Gasteiger charge is 2.27. The quantitative estimate of drug-likeness (QED) is 0.814. The lowest BCUT2D eigenvalue weighted by molar-refractivity contribution is -0.128.